The summed E-state index contributed by atoms with van der Waals surface area (Å²) in [6.07, 6.45) is 6.46. The Morgan fingerprint density at radius 2 is 2.05 bits per heavy atom. The number of benzene rings is 1. The molecule has 0 unspecified atom stereocenters. The molecule has 1 N–H and O–H groups in total. The third-order valence-electron chi connectivity index (χ3n) is 3.10. The van der Waals surface area contributed by atoms with E-state index in [9.17, 15) is 4.79 Å². The van der Waals surface area contributed by atoms with Gasteiger partial charge in [-0.15, -0.1) is 0 Å². The molecule has 0 amide bonds. The van der Waals surface area contributed by atoms with Crippen LogP contribution in [0.4, 0.5) is 0 Å². The van der Waals surface area contributed by atoms with Crippen molar-refractivity contribution in [2.75, 3.05) is 0 Å². The van der Waals surface area contributed by atoms with Gasteiger partial charge in [-0.25, -0.2) is 4.79 Å². The van der Waals surface area contributed by atoms with E-state index in [1.165, 1.54) is 11.6 Å². The van der Waals surface area contributed by atoms with Gasteiger partial charge >= 0.3 is 5.97 Å². The monoisotopic (exact) mass is 267 g/mol. The van der Waals surface area contributed by atoms with Crippen molar-refractivity contribution in [3.63, 3.8) is 0 Å². The Morgan fingerprint density at radius 3 is 2.75 bits per heavy atom. The van der Waals surface area contributed by atoms with Crippen LogP contribution in [0.5, 0.6) is 0 Å². The molecule has 0 aliphatic carbocycles. The van der Waals surface area contributed by atoms with Gasteiger partial charge in [-0.3, -0.25) is 4.98 Å². The van der Waals surface area contributed by atoms with Crippen molar-refractivity contribution >= 4 is 5.97 Å². The molecule has 0 spiro atoms. The fourth-order valence-electron chi connectivity index (χ4n) is 2.06. The lowest BCUT2D eigenvalue weighted by atomic mass is 10.0. The van der Waals surface area contributed by atoms with Crippen molar-refractivity contribution in [2.24, 2.45) is 0 Å². The van der Waals surface area contributed by atoms with E-state index in [2.05, 4.69) is 23.2 Å². The van der Waals surface area contributed by atoms with Crippen LogP contribution in [-0.2, 0) is 11.2 Å². The predicted octanol–water partition coefficient (Wildman–Crippen LogP) is 3.71. The molecule has 0 aliphatic rings. The summed E-state index contributed by atoms with van der Waals surface area (Å²) in [4.78, 5) is 14.7. The number of carboxylic acid groups (broad SMARTS) is 1. The second-order valence-electron chi connectivity index (χ2n) is 4.77. The summed E-state index contributed by atoms with van der Waals surface area (Å²) in [7, 11) is 0. The highest BCUT2D eigenvalue weighted by atomic mass is 16.4. The minimum Gasteiger partial charge on any atom is -0.478 e. The highest BCUT2D eigenvalue weighted by Crippen LogP contribution is 2.20. The quantitative estimate of drug-likeness (QED) is 0.840. The number of carbonyl (C=O) groups is 1. The molecule has 1 aromatic heterocycles. The molecule has 1 heterocycles. The minimum atomic E-state index is -0.883. The number of hydrogen-bond acceptors (Lipinski definition) is 2. The summed E-state index contributed by atoms with van der Waals surface area (Å²) in [5, 5.41) is 8.69. The molecule has 3 heteroatoms. The van der Waals surface area contributed by atoms with Gasteiger partial charge in [0.1, 0.15) is 0 Å². The number of pyridine rings is 1. The van der Waals surface area contributed by atoms with Gasteiger partial charge in [0.2, 0.25) is 0 Å². The molecule has 0 atom stereocenters. The normalized spacial score (nSPS) is 11.3. The smallest absolute Gasteiger partial charge is 0.328 e. The predicted molar refractivity (Wildman–Crippen MR) is 79.4 cm³/mol. The third-order valence-corrected chi connectivity index (χ3v) is 3.10. The average Bonchev–Trinajstić information content (AvgIpc) is 2.46. The standard InChI is InChI=1S/C17H17NO2/c1-13(10-17(19)20)7-8-14-4-2-5-15(11-14)16-6-3-9-18-12-16/h2-6,9-12H,7-8H2,1H3,(H,19,20)/b13-10+. The van der Waals surface area contributed by atoms with Gasteiger partial charge in [0, 0.05) is 18.5 Å². The van der Waals surface area contributed by atoms with Gasteiger partial charge in [-0.1, -0.05) is 35.9 Å². The Bertz CT molecular complexity index is 618. The Balaban J connectivity index is 2.09. The summed E-state index contributed by atoms with van der Waals surface area (Å²) in [6.45, 7) is 1.85. The lowest BCUT2D eigenvalue weighted by Crippen LogP contribution is -1.92. The Kier molecular flexibility index (Phi) is 4.66. The van der Waals surface area contributed by atoms with Crippen molar-refractivity contribution in [2.45, 2.75) is 19.8 Å². The van der Waals surface area contributed by atoms with E-state index in [-0.39, 0.29) is 0 Å². The van der Waals surface area contributed by atoms with Crippen molar-refractivity contribution in [1.29, 1.82) is 0 Å². The summed E-state index contributed by atoms with van der Waals surface area (Å²) in [5.74, 6) is -0.883. The molecular weight excluding hydrogens is 250 g/mol. The van der Waals surface area contributed by atoms with Crippen molar-refractivity contribution < 1.29 is 9.90 Å². The van der Waals surface area contributed by atoms with E-state index >= 15 is 0 Å². The summed E-state index contributed by atoms with van der Waals surface area (Å²) in [6, 6.07) is 12.2. The van der Waals surface area contributed by atoms with E-state index < -0.39 is 5.97 Å². The van der Waals surface area contributed by atoms with Crippen LogP contribution in [0.1, 0.15) is 18.9 Å². The Labute approximate surface area is 118 Å². The first-order chi connectivity index (χ1) is 9.65. The molecule has 2 aromatic rings. The van der Waals surface area contributed by atoms with E-state index in [0.717, 1.165) is 29.5 Å². The fraction of sp³-hybridized carbons (Fsp3) is 0.176. The fourth-order valence-corrected chi connectivity index (χ4v) is 2.06. The molecule has 20 heavy (non-hydrogen) atoms. The van der Waals surface area contributed by atoms with Crippen LogP contribution < -0.4 is 0 Å². The first kappa shape index (κ1) is 14.0. The van der Waals surface area contributed by atoms with Crippen molar-refractivity contribution in [3.05, 3.63) is 66.0 Å². The number of hydrogen-bond donors (Lipinski definition) is 1. The zero-order valence-corrected chi connectivity index (χ0v) is 11.4. The van der Waals surface area contributed by atoms with Crippen LogP contribution in [0.3, 0.4) is 0 Å². The number of allylic oxidation sites excluding steroid dienone is 1. The highest BCUT2D eigenvalue weighted by Gasteiger charge is 2.01. The van der Waals surface area contributed by atoms with Crippen LogP contribution in [0.2, 0.25) is 0 Å². The molecule has 0 radical (unpaired) electrons. The number of aliphatic carboxylic acids is 1. The molecule has 1 aromatic carbocycles. The third kappa shape index (κ3) is 4.05. The van der Waals surface area contributed by atoms with Crippen molar-refractivity contribution in [3.8, 4) is 11.1 Å². The molecule has 0 saturated carbocycles. The zero-order chi connectivity index (χ0) is 14.4. The van der Waals surface area contributed by atoms with Crippen LogP contribution in [0.15, 0.2) is 60.4 Å². The highest BCUT2D eigenvalue weighted by molar-refractivity contribution is 5.80. The lowest BCUT2D eigenvalue weighted by molar-refractivity contribution is -0.131. The molecule has 2 rings (SSSR count). The van der Waals surface area contributed by atoms with Gasteiger partial charge in [0.25, 0.3) is 0 Å². The van der Waals surface area contributed by atoms with E-state index in [4.69, 9.17) is 5.11 Å². The van der Waals surface area contributed by atoms with Crippen LogP contribution in [-0.4, -0.2) is 16.1 Å². The van der Waals surface area contributed by atoms with Crippen LogP contribution in [0.25, 0.3) is 11.1 Å². The second-order valence-corrected chi connectivity index (χ2v) is 4.77. The second kappa shape index (κ2) is 6.66. The van der Waals surface area contributed by atoms with E-state index in [1.54, 1.807) is 6.20 Å². The molecule has 3 nitrogen and oxygen atoms in total. The molecular formula is C17H17NO2. The SMILES string of the molecule is C/C(=C\C(=O)O)CCc1cccc(-c2cccnc2)c1. The van der Waals surface area contributed by atoms with Gasteiger partial charge in [-0.2, -0.15) is 0 Å². The van der Waals surface area contributed by atoms with Gasteiger partial charge < -0.3 is 5.11 Å². The Morgan fingerprint density at radius 1 is 1.25 bits per heavy atom. The number of nitrogens with zero attached hydrogens (tertiary/aromatic N) is 1. The topological polar surface area (TPSA) is 50.2 Å². The Hall–Kier alpha value is -2.42. The maximum atomic E-state index is 10.6. The molecule has 0 bridgehead atoms. The zero-order valence-electron chi connectivity index (χ0n) is 11.4. The average molecular weight is 267 g/mol. The summed E-state index contributed by atoms with van der Waals surface area (Å²) < 4.78 is 0. The molecule has 102 valence electrons. The van der Waals surface area contributed by atoms with E-state index in [0.29, 0.717) is 0 Å². The maximum Gasteiger partial charge on any atom is 0.328 e. The number of aromatic nitrogens is 1. The number of rotatable bonds is 5. The van der Waals surface area contributed by atoms with Gasteiger partial charge in [0.15, 0.2) is 0 Å². The van der Waals surface area contributed by atoms with Crippen LogP contribution in [0, 0.1) is 0 Å². The number of carboxylic acids is 1. The summed E-state index contributed by atoms with van der Waals surface area (Å²) >= 11 is 0. The molecule has 0 fully saturated rings. The first-order valence-electron chi connectivity index (χ1n) is 6.54. The largest absolute Gasteiger partial charge is 0.478 e. The molecule has 0 saturated heterocycles. The maximum absolute atomic E-state index is 10.6. The van der Waals surface area contributed by atoms with Crippen LogP contribution >= 0.6 is 0 Å². The van der Waals surface area contributed by atoms with Gasteiger partial charge in [-0.05, 0) is 42.5 Å². The van der Waals surface area contributed by atoms with E-state index in [1.807, 2.05) is 31.3 Å². The lowest BCUT2D eigenvalue weighted by Gasteiger charge is -2.05. The van der Waals surface area contributed by atoms with Crippen molar-refractivity contribution in [1.82, 2.24) is 4.98 Å². The summed E-state index contributed by atoms with van der Waals surface area (Å²) in [5.41, 5.74) is 4.30. The molecule has 0 aliphatic heterocycles. The minimum absolute atomic E-state index is 0.753. The van der Waals surface area contributed by atoms with Gasteiger partial charge in [0.05, 0.1) is 0 Å². The first-order valence-corrected chi connectivity index (χ1v) is 6.54. The number of aryl methyl sites for hydroxylation is 1.